The maximum atomic E-state index is 11.5. The minimum absolute atomic E-state index is 0.317. The monoisotopic (exact) mass is 257 g/mol. The first-order valence-corrected chi connectivity index (χ1v) is 6.80. The average molecular weight is 257 g/mol. The third-order valence-electron chi connectivity index (χ3n) is 2.98. The molecule has 3 N–H and O–H groups in total. The molecular formula is C13H27N3O2. The van der Waals surface area contributed by atoms with Crippen molar-refractivity contribution in [1.82, 2.24) is 10.2 Å². The van der Waals surface area contributed by atoms with Gasteiger partial charge in [-0.25, -0.2) is 4.79 Å². The summed E-state index contributed by atoms with van der Waals surface area (Å²) in [5.41, 5.74) is 5.07. The van der Waals surface area contributed by atoms with Crippen LogP contribution in [0.3, 0.4) is 0 Å². The van der Waals surface area contributed by atoms with E-state index in [1.165, 1.54) is 0 Å². The van der Waals surface area contributed by atoms with Crippen LogP contribution in [-0.4, -0.2) is 49.3 Å². The number of alkyl carbamates (subject to hydrolysis) is 1. The second-order valence-corrected chi connectivity index (χ2v) is 5.98. The van der Waals surface area contributed by atoms with E-state index in [-0.39, 0.29) is 6.09 Å². The van der Waals surface area contributed by atoms with Crippen molar-refractivity contribution in [3.63, 3.8) is 0 Å². The van der Waals surface area contributed by atoms with Gasteiger partial charge >= 0.3 is 6.09 Å². The molecule has 0 bridgehead atoms. The Bertz CT molecular complexity index is 263. The molecule has 1 unspecified atom stereocenters. The SMILES string of the molecule is CC(C)(C)OC(=O)NCC1CCN(CCCN)C1. The Labute approximate surface area is 110 Å². The highest BCUT2D eigenvalue weighted by Gasteiger charge is 2.23. The highest BCUT2D eigenvalue weighted by Crippen LogP contribution is 2.15. The van der Waals surface area contributed by atoms with Crippen LogP contribution < -0.4 is 11.1 Å². The minimum Gasteiger partial charge on any atom is -0.444 e. The molecule has 0 aromatic carbocycles. The van der Waals surface area contributed by atoms with Gasteiger partial charge in [0.15, 0.2) is 0 Å². The van der Waals surface area contributed by atoms with Crippen LogP contribution in [0, 0.1) is 5.92 Å². The van der Waals surface area contributed by atoms with Crippen LogP contribution in [0.5, 0.6) is 0 Å². The van der Waals surface area contributed by atoms with Gasteiger partial charge in [-0.3, -0.25) is 0 Å². The van der Waals surface area contributed by atoms with Crippen molar-refractivity contribution in [1.29, 1.82) is 0 Å². The Morgan fingerprint density at radius 2 is 2.22 bits per heavy atom. The van der Waals surface area contributed by atoms with Gasteiger partial charge < -0.3 is 20.7 Å². The summed E-state index contributed by atoms with van der Waals surface area (Å²) in [5.74, 6) is 0.537. The number of likely N-dealkylation sites (tertiary alicyclic amines) is 1. The Balaban J connectivity index is 2.15. The number of hydrogen-bond donors (Lipinski definition) is 2. The molecular weight excluding hydrogens is 230 g/mol. The molecule has 0 aromatic rings. The standard InChI is InChI=1S/C13H27N3O2/c1-13(2,3)18-12(17)15-9-11-5-8-16(10-11)7-4-6-14/h11H,4-10,14H2,1-3H3,(H,15,17). The maximum Gasteiger partial charge on any atom is 0.407 e. The van der Waals surface area contributed by atoms with Gasteiger partial charge in [0, 0.05) is 13.1 Å². The van der Waals surface area contributed by atoms with E-state index in [0.717, 1.165) is 39.0 Å². The summed E-state index contributed by atoms with van der Waals surface area (Å²) in [4.78, 5) is 13.9. The summed E-state index contributed by atoms with van der Waals surface area (Å²) in [6, 6.07) is 0. The zero-order valence-corrected chi connectivity index (χ0v) is 11.9. The van der Waals surface area contributed by atoms with E-state index in [4.69, 9.17) is 10.5 Å². The van der Waals surface area contributed by atoms with E-state index in [0.29, 0.717) is 12.5 Å². The van der Waals surface area contributed by atoms with Crippen LogP contribution in [0.15, 0.2) is 0 Å². The van der Waals surface area contributed by atoms with Crippen molar-refractivity contribution in [3.05, 3.63) is 0 Å². The van der Waals surface area contributed by atoms with Gasteiger partial charge in [0.25, 0.3) is 0 Å². The van der Waals surface area contributed by atoms with Crippen molar-refractivity contribution < 1.29 is 9.53 Å². The molecule has 1 rings (SSSR count). The highest BCUT2D eigenvalue weighted by atomic mass is 16.6. The Morgan fingerprint density at radius 1 is 1.50 bits per heavy atom. The quantitative estimate of drug-likeness (QED) is 0.776. The topological polar surface area (TPSA) is 67.6 Å². The molecule has 1 atom stereocenters. The molecule has 106 valence electrons. The maximum absolute atomic E-state index is 11.5. The predicted octanol–water partition coefficient (Wildman–Crippen LogP) is 1.18. The number of hydrogen-bond acceptors (Lipinski definition) is 4. The van der Waals surface area contributed by atoms with Gasteiger partial charge in [-0.1, -0.05) is 0 Å². The molecule has 0 aliphatic carbocycles. The molecule has 0 aromatic heterocycles. The Morgan fingerprint density at radius 3 is 2.83 bits per heavy atom. The third kappa shape index (κ3) is 6.21. The molecule has 0 spiro atoms. The molecule has 5 heteroatoms. The van der Waals surface area contributed by atoms with Crippen molar-refractivity contribution >= 4 is 6.09 Å². The first kappa shape index (κ1) is 15.2. The molecule has 1 fully saturated rings. The number of ether oxygens (including phenoxy) is 1. The summed E-state index contributed by atoms with van der Waals surface area (Å²) < 4.78 is 5.21. The van der Waals surface area contributed by atoms with Gasteiger partial charge in [0.05, 0.1) is 0 Å². The minimum atomic E-state index is -0.424. The second-order valence-electron chi connectivity index (χ2n) is 5.98. The van der Waals surface area contributed by atoms with Crippen LogP contribution >= 0.6 is 0 Å². The largest absolute Gasteiger partial charge is 0.444 e. The molecule has 1 saturated heterocycles. The van der Waals surface area contributed by atoms with Gasteiger partial charge in [-0.2, -0.15) is 0 Å². The van der Waals surface area contributed by atoms with Gasteiger partial charge in [0.1, 0.15) is 5.60 Å². The third-order valence-corrected chi connectivity index (χ3v) is 2.98. The fourth-order valence-electron chi connectivity index (χ4n) is 2.14. The molecule has 18 heavy (non-hydrogen) atoms. The fraction of sp³-hybridized carbons (Fsp3) is 0.923. The zero-order valence-electron chi connectivity index (χ0n) is 11.9. The lowest BCUT2D eigenvalue weighted by atomic mass is 10.1. The molecule has 5 nitrogen and oxygen atoms in total. The summed E-state index contributed by atoms with van der Waals surface area (Å²) in [6.07, 6.45) is 1.87. The van der Waals surface area contributed by atoms with Crippen molar-refractivity contribution in [2.75, 3.05) is 32.7 Å². The van der Waals surface area contributed by atoms with E-state index in [9.17, 15) is 4.79 Å². The normalized spacial score (nSPS) is 21.0. The number of rotatable bonds is 5. The molecule has 1 heterocycles. The molecule has 1 aliphatic heterocycles. The average Bonchev–Trinajstić information content (AvgIpc) is 2.69. The van der Waals surface area contributed by atoms with Gasteiger partial charge in [-0.15, -0.1) is 0 Å². The van der Waals surface area contributed by atoms with Crippen LogP contribution in [-0.2, 0) is 4.74 Å². The number of carbonyl (C=O) groups excluding carboxylic acids is 1. The fourth-order valence-corrected chi connectivity index (χ4v) is 2.14. The lowest BCUT2D eigenvalue weighted by molar-refractivity contribution is 0.0520. The second kappa shape index (κ2) is 6.95. The molecule has 0 radical (unpaired) electrons. The highest BCUT2D eigenvalue weighted by molar-refractivity contribution is 5.67. The van der Waals surface area contributed by atoms with Gasteiger partial charge in [0.2, 0.25) is 0 Å². The summed E-state index contributed by atoms with van der Waals surface area (Å²) in [7, 11) is 0. The van der Waals surface area contributed by atoms with Gasteiger partial charge in [-0.05, 0) is 59.2 Å². The van der Waals surface area contributed by atoms with Crippen LogP contribution in [0.1, 0.15) is 33.6 Å². The van der Waals surface area contributed by atoms with Crippen LogP contribution in [0.4, 0.5) is 4.79 Å². The molecule has 1 aliphatic rings. The number of nitrogens with zero attached hydrogens (tertiary/aromatic N) is 1. The van der Waals surface area contributed by atoms with Crippen LogP contribution in [0.2, 0.25) is 0 Å². The predicted molar refractivity (Wildman–Crippen MR) is 72.5 cm³/mol. The number of nitrogens with two attached hydrogens (primary N) is 1. The Kier molecular flexibility index (Phi) is 5.88. The molecule has 1 amide bonds. The lowest BCUT2D eigenvalue weighted by Crippen LogP contribution is -2.36. The number of amides is 1. The van der Waals surface area contributed by atoms with E-state index >= 15 is 0 Å². The van der Waals surface area contributed by atoms with Crippen molar-refractivity contribution in [2.24, 2.45) is 11.7 Å². The lowest BCUT2D eigenvalue weighted by Gasteiger charge is -2.21. The van der Waals surface area contributed by atoms with E-state index in [1.807, 2.05) is 20.8 Å². The van der Waals surface area contributed by atoms with Crippen LogP contribution in [0.25, 0.3) is 0 Å². The van der Waals surface area contributed by atoms with E-state index in [1.54, 1.807) is 0 Å². The Hall–Kier alpha value is -0.810. The summed E-state index contributed by atoms with van der Waals surface area (Å²) in [6.45, 7) is 10.3. The van der Waals surface area contributed by atoms with Crippen molar-refractivity contribution in [2.45, 2.75) is 39.2 Å². The van der Waals surface area contributed by atoms with Crippen molar-refractivity contribution in [3.8, 4) is 0 Å². The number of carbonyl (C=O) groups is 1. The first-order chi connectivity index (χ1) is 8.40. The van der Waals surface area contributed by atoms with E-state index in [2.05, 4.69) is 10.2 Å². The smallest absolute Gasteiger partial charge is 0.407 e. The van der Waals surface area contributed by atoms with E-state index < -0.39 is 5.60 Å². The summed E-state index contributed by atoms with van der Waals surface area (Å²) >= 11 is 0. The first-order valence-electron chi connectivity index (χ1n) is 6.80. The number of nitrogens with one attached hydrogen (secondary N) is 1. The zero-order chi connectivity index (χ0) is 13.6. The molecule has 0 saturated carbocycles. The summed E-state index contributed by atoms with van der Waals surface area (Å²) in [5, 5.41) is 2.85.